The molecule has 14 heteroatoms. The Morgan fingerprint density at radius 2 is 1.77 bits per heavy atom. The number of rotatable bonds is 5. The van der Waals surface area contributed by atoms with Gasteiger partial charge in [-0.15, -0.1) is 5.11 Å². The Morgan fingerprint density at radius 3 is 2.29 bits per heavy atom. The first-order valence-electron chi connectivity index (χ1n) is 9.03. The molecule has 1 aliphatic rings. The molecule has 1 aromatic carbocycles. The summed E-state index contributed by atoms with van der Waals surface area (Å²) in [5.41, 5.74) is 0.479. The number of amides is 2. The van der Waals surface area contributed by atoms with Crippen LogP contribution in [-0.2, 0) is 19.7 Å². The molecule has 0 saturated heterocycles. The third-order valence-corrected chi connectivity index (χ3v) is 6.28. The fraction of sp³-hybridized carbons (Fsp3) is 0.471. The Labute approximate surface area is 204 Å². The number of aromatic nitrogens is 1. The van der Waals surface area contributed by atoms with Crippen molar-refractivity contribution in [2.24, 2.45) is 10.2 Å². The first-order valence-corrected chi connectivity index (χ1v) is 11.2. The molecule has 1 fully saturated rings. The van der Waals surface area contributed by atoms with E-state index >= 15 is 0 Å². The van der Waals surface area contributed by atoms with Crippen molar-refractivity contribution in [1.82, 2.24) is 15.0 Å². The minimum absolute atomic E-state index is 0. The molecule has 2 amide bonds. The summed E-state index contributed by atoms with van der Waals surface area (Å²) in [6.07, 6.45) is -0.368. The molecule has 1 aromatic heterocycles. The van der Waals surface area contributed by atoms with Gasteiger partial charge in [-0.1, -0.05) is 0 Å². The Kier molecular flexibility index (Phi) is 8.67. The van der Waals surface area contributed by atoms with Gasteiger partial charge in [-0.25, -0.2) is 8.42 Å². The number of azo groups is 1. The third-order valence-electron chi connectivity index (χ3n) is 4.68. The monoisotopic (exact) mass is 477 g/mol. The van der Waals surface area contributed by atoms with E-state index in [1.54, 1.807) is 0 Å². The van der Waals surface area contributed by atoms with Crippen molar-refractivity contribution in [3.05, 3.63) is 18.2 Å². The van der Waals surface area contributed by atoms with Gasteiger partial charge >= 0.3 is 29.6 Å². The number of aliphatic hydroxyl groups is 1. The van der Waals surface area contributed by atoms with Crippen LogP contribution in [0.5, 0.6) is 0 Å². The van der Waals surface area contributed by atoms with Gasteiger partial charge in [-0.05, 0) is 42.6 Å². The third kappa shape index (κ3) is 6.51. The summed E-state index contributed by atoms with van der Waals surface area (Å²) in [6.45, 7) is 2.66. The van der Waals surface area contributed by atoms with E-state index in [2.05, 4.69) is 25.2 Å². The number of carbonyl (C=O) groups is 2. The summed E-state index contributed by atoms with van der Waals surface area (Å²) in [4.78, 5) is 22.5. The molecule has 11 nitrogen and oxygen atoms in total. The van der Waals surface area contributed by atoms with Crippen LogP contribution in [0.25, 0.3) is 10.9 Å². The first-order chi connectivity index (χ1) is 14.0. The molecule has 2 aromatic rings. The maximum Gasteiger partial charge on any atom is 1.00 e. The number of aliphatic hydroxyl groups excluding tert-OH is 1. The average Bonchev–Trinajstić information content (AvgIpc) is 3.04. The second-order valence-electron chi connectivity index (χ2n) is 7.07. The molecule has 31 heavy (non-hydrogen) atoms. The van der Waals surface area contributed by atoms with Gasteiger partial charge in [0.15, 0.2) is 5.00 Å². The van der Waals surface area contributed by atoms with Gasteiger partial charge in [0.25, 0.3) is 0 Å². The van der Waals surface area contributed by atoms with E-state index in [-0.39, 0.29) is 46.3 Å². The van der Waals surface area contributed by atoms with Crippen molar-refractivity contribution >= 4 is 49.4 Å². The van der Waals surface area contributed by atoms with Crippen LogP contribution in [0.2, 0.25) is 0 Å². The van der Waals surface area contributed by atoms with Crippen molar-refractivity contribution < 1.29 is 57.2 Å². The zero-order valence-electron chi connectivity index (χ0n) is 17.1. The van der Waals surface area contributed by atoms with E-state index in [0.29, 0.717) is 28.7 Å². The van der Waals surface area contributed by atoms with Gasteiger partial charge in [-0.3, -0.25) is 9.59 Å². The van der Waals surface area contributed by atoms with Crippen LogP contribution in [0.15, 0.2) is 33.3 Å². The van der Waals surface area contributed by atoms with Crippen LogP contribution in [0, 0.1) is 0 Å². The van der Waals surface area contributed by atoms with Gasteiger partial charge < -0.3 is 20.3 Å². The topological polar surface area (TPSA) is 173 Å². The van der Waals surface area contributed by atoms with E-state index in [1.807, 2.05) is 0 Å². The fourth-order valence-electron chi connectivity index (χ4n) is 3.42. The van der Waals surface area contributed by atoms with Gasteiger partial charge in [0.2, 0.25) is 11.8 Å². The molecule has 2 atom stereocenters. The summed E-state index contributed by atoms with van der Waals surface area (Å²) in [6, 6.07) is 2.15. The molecule has 1 aliphatic carbocycles. The standard InChI is InChI=1S/C17H21N5O6S2.Na/c1-8(23)18-14-5-10(6-15(16(14)25)19-9(2)24)20-21-17-12-7-11(30(26,27)28)3-4-13(12)22-29-17;/h3-4,7,10,14-16,25H,5-6H2,1-2H3,(H,18,23)(H,19,24)(H,26,27,28);/q;+1/p-1. The van der Waals surface area contributed by atoms with Crippen molar-refractivity contribution in [2.45, 2.75) is 55.8 Å². The van der Waals surface area contributed by atoms with E-state index < -0.39 is 34.3 Å². The number of nitrogens with zero attached hydrogens (tertiary/aromatic N) is 3. The van der Waals surface area contributed by atoms with Gasteiger partial charge in [0, 0.05) is 19.2 Å². The number of carbonyl (C=O) groups excluding carboxylic acids is 2. The smallest absolute Gasteiger partial charge is 0.744 e. The van der Waals surface area contributed by atoms with Crippen molar-refractivity contribution in [3.8, 4) is 0 Å². The molecule has 162 valence electrons. The molecule has 3 N–H and O–H groups in total. The summed E-state index contributed by atoms with van der Waals surface area (Å²) < 4.78 is 38.0. The molecule has 0 aliphatic heterocycles. The quantitative estimate of drug-likeness (QED) is 0.249. The molecule has 1 heterocycles. The number of hydrogen-bond donors (Lipinski definition) is 3. The fourth-order valence-corrected chi connectivity index (χ4v) is 4.60. The minimum atomic E-state index is -4.62. The predicted octanol–water partition coefficient (Wildman–Crippen LogP) is -2.18. The second kappa shape index (κ2) is 10.4. The summed E-state index contributed by atoms with van der Waals surface area (Å²) >= 11 is 0.998. The number of benzene rings is 1. The number of fused-ring (bicyclic) bond motifs is 1. The van der Waals surface area contributed by atoms with Gasteiger partial charge in [0.05, 0.1) is 34.6 Å². The summed E-state index contributed by atoms with van der Waals surface area (Å²) in [7, 11) is -4.62. The second-order valence-corrected chi connectivity index (χ2v) is 9.20. The van der Waals surface area contributed by atoms with Crippen LogP contribution in [0.1, 0.15) is 26.7 Å². The molecule has 0 radical (unpaired) electrons. The van der Waals surface area contributed by atoms with Crippen molar-refractivity contribution in [1.29, 1.82) is 0 Å². The van der Waals surface area contributed by atoms with Gasteiger partial charge in [0.1, 0.15) is 10.1 Å². The Hall–Kier alpha value is -1.48. The average molecular weight is 478 g/mol. The Balaban J connectivity index is 0.00000341. The number of nitrogens with one attached hydrogen (secondary N) is 2. The van der Waals surface area contributed by atoms with Crippen molar-refractivity contribution in [3.63, 3.8) is 0 Å². The first kappa shape index (κ1) is 25.8. The van der Waals surface area contributed by atoms with E-state index in [9.17, 15) is 27.7 Å². The van der Waals surface area contributed by atoms with E-state index in [4.69, 9.17) is 0 Å². The molecule has 3 rings (SSSR count). The van der Waals surface area contributed by atoms with Crippen LogP contribution in [-0.4, -0.2) is 58.5 Å². The van der Waals surface area contributed by atoms with E-state index in [1.165, 1.54) is 32.0 Å². The van der Waals surface area contributed by atoms with Crippen LogP contribution < -0.4 is 40.2 Å². The maximum atomic E-state index is 11.5. The normalized spacial score (nSPS) is 24.0. The molecule has 2 unspecified atom stereocenters. The summed E-state index contributed by atoms with van der Waals surface area (Å²) in [5.74, 6) is -0.643. The minimum Gasteiger partial charge on any atom is -0.744 e. The van der Waals surface area contributed by atoms with Gasteiger partial charge in [-0.2, -0.15) is 9.49 Å². The molecule has 0 spiro atoms. The molecular weight excluding hydrogens is 457 g/mol. The molecule has 0 bridgehead atoms. The SMILES string of the molecule is CC(=O)NC1CC(N=Nc2snc3ccc(S(=O)(=O)[O-])cc23)CC(NC(C)=O)C1O.[Na+]. The molecule has 1 saturated carbocycles. The van der Waals surface area contributed by atoms with Crippen molar-refractivity contribution in [2.75, 3.05) is 0 Å². The summed E-state index contributed by atoms with van der Waals surface area (Å²) in [5, 5.41) is 24.9. The van der Waals surface area contributed by atoms with Crippen LogP contribution in [0.4, 0.5) is 5.00 Å². The zero-order valence-corrected chi connectivity index (χ0v) is 20.7. The molecular formula is C17H20N5NaO6S2. The Bertz CT molecular complexity index is 1080. The zero-order chi connectivity index (χ0) is 22.1. The number of hydrogen-bond acceptors (Lipinski definition) is 10. The van der Waals surface area contributed by atoms with Crippen LogP contribution >= 0.6 is 11.5 Å². The van der Waals surface area contributed by atoms with E-state index in [0.717, 1.165) is 11.5 Å². The predicted molar refractivity (Wildman–Crippen MR) is 106 cm³/mol. The Morgan fingerprint density at radius 1 is 1.19 bits per heavy atom. The van der Waals surface area contributed by atoms with Crippen LogP contribution in [0.3, 0.4) is 0 Å². The maximum absolute atomic E-state index is 11.5. The largest absolute Gasteiger partial charge is 1.00 e.